The Bertz CT molecular complexity index is 651. The predicted molar refractivity (Wildman–Crippen MR) is 80.5 cm³/mol. The number of rotatable bonds is 4. The summed E-state index contributed by atoms with van der Waals surface area (Å²) in [6, 6.07) is 6.06. The molecule has 0 radical (unpaired) electrons. The molecule has 1 heterocycles. The van der Waals surface area contributed by atoms with E-state index in [-0.39, 0.29) is 10.7 Å². The van der Waals surface area contributed by atoms with Gasteiger partial charge < -0.3 is 0 Å². The Morgan fingerprint density at radius 2 is 1.76 bits per heavy atom. The lowest BCUT2D eigenvalue weighted by Gasteiger charge is -2.32. The summed E-state index contributed by atoms with van der Waals surface area (Å²) in [7, 11) is -3.50. The van der Waals surface area contributed by atoms with Crippen LogP contribution in [0.15, 0.2) is 29.2 Å². The highest BCUT2D eigenvalue weighted by Crippen LogP contribution is 2.18. The molecule has 5 nitrogen and oxygen atoms in total. The average molecular weight is 306 g/mol. The van der Waals surface area contributed by atoms with Gasteiger partial charge in [0.15, 0.2) is 5.78 Å². The van der Waals surface area contributed by atoms with Gasteiger partial charge in [0.1, 0.15) is 0 Å². The minimum atomic E-state index is -3.50. The zero-order valence-corrected chi connectivity index (χ0v) is 12.8. The van der Waals surface area contributed by atoms with Gasteiger partial charge in [0, 0.05) is 31.7 Å². The van der Waals surface area contributed by atoms with E-state index in [0.29, 0.717) is 38.3 Å². The largest absolute Gasteiger partial charge is 0.295 e. The minimum absolute atomic E-state index is 0.0816. The summed E-state index contributed by atoms with van der Waals surface area (Å²) in [6.45, 7) is 4.12. The van der Waals surface area contributed by atoms with Gasteiger partial charge >= 0.3 is 0 Å². The van der Waals surface area contributed by atoms with Gasteiger partial charge in [0.25, 0.3) is 0 Å². The average Bonchev–Trinajstić information content (AvgIpc) is 2.48. The minimum Gasteiger partial charge on any atom is -0.295 e. The molecule has 0 saturated carbocycles. The van der Waals surface area contributed by atoms with Crippen LogP contribution in [0.25, 0.3) is 0 Å². The monoisotopic (exact) mass is 306 g/mol. The highest BCUT2D eigenvalue weighted by Gasteiger charge is 2.28. The van der Waals surface area contributed by atoms with Crippen molar-refractivity contribution in [3.8, 4) is 12.3 Å². The van der Waals surface area contributed by atoms with Crippen molar-refractivity contribution in [3.63, 3.8) is 0 Å². The molecule has 0 aromatic heterocycles. The lowest BCUT2D eigenvalue weighted by molar-refractivity contribution is 0.101. The van der Waals surface area contributed by atoms with Gasteiger partial charge in [0.2, 0.25) is 10.0 Å². The summed E-state index contributed by atoms with van der Waals surface area (Å²) in [4.78, 5) is 13.5. The first-order valence-corrected chi connectivity index (χ1v) is 8.16. The molecule has 1 aliphatic rings. The number of Topliss-reactive ketones (excluding diaryl/α,β-unsaturated/α-hetero) is 1. The van der Waals surface area contributed by atoms with E-state index in [0.717, 1.165) is 0 Å². The van der Waals surface area contributed by atoms with Crippen LogP contribution >= 0.6 is 0 Å². The van der Waals surface area contributed by atoms with E-state index < -0.39 is 10.0 Å². The molecule has 1 aromatic carbocycles. The van der Waals surface area contributed by atoms with Gasteiger partial charge in [-0.05, 0) is 19.1 Å². The Kier molecular flexibility index (Phi) is 4.78. The Balaban J connectivity index is 2.12. The van der Waals surface area contributed by atoms with E-state index >= 15 is 0 Å². The van der Waals surface area contributed by atoms with Crippen molar-refractivity contribution in [2.24, 2.45) is 0 Å². The standard InChI is InChI=1S/C15H18N2O3S/c1-3-8-16-9-11-17(12-10-16)21(19,20)15-6-4-14(5-7-15)13(2)18/h1,4-7H,8-12H2,2H3. The molecule has 0 spiro atoms. The molecule has 6 heteroatoms. The van der Waals surface area contributed by atoms with Gasteiger partial charge in [-0.2, -0.15) is 4.31 Å². The maximum atomic E-state index is 12.5. The fraction of sp³-hybridized carbons (Fsp3) is 0.400. The SMILES string of the molecule is C#CCN1CCN(S(=O)(=O)c2ccc(C(C)=O)cc2)CC1. The molecule has 1 aliphatic heterocycles. The molecule has 0 amide bonds. The van der Waals surface area contributed by atoms with Crippen LogP contribution in [0.3, 0.4) is 0 Å². The molecule has 1 fully saturated rings. The molecule has 0 bridgehead atoms. The summed E-state index contributed by atoms with van der Waals surface area (Å²) in [5.74, 6) is 2.48. The molecule has 1 aromatic rings. The number of hydrogen-bond acceptors (Lipinski definition) is 4. The lowest BCUT2D eigenvalue weighted by Crippen LogP contribution is -2.48. The maximum Gasteiger partial charge on any atom is 0.243 e. The number of hydrogen-bond donors (Lipinski definition) is 0. The summed E-state index contributed by atoms with van der Waals surface area (Å²) in [5, 5.41) is 0. The second-order valence-corrected chi connectivity index (χ2v) is 6.90. The van der Waals surface area contributed by atoms with Crippen LogP contribution in [-0.2, 0) is 10.0 Å². The van der Waals surface area contributed by atoms with Gasteiger partial charge in [-0.15, -0.1) is 6.42 Å². The Labute approximate surface area is 125 Å². The predicted octanol–water partition coefficient (Wildman–Crippen LogP) is 0.829. The smallest absolute Gasteiger partial charge is 0.243 e. The molecule has 0 atom stereocenters. The number of nitrogens with zero attached hydrogens (tertiary/aromatic N) is 2. The van der Waals surface area contributed by atoms with Crippen molar-refractivity contribution >= 4 is 15.8 Å². The number of carbonyl (C=O) groups excluding carboxylic acids is 1. The third-order valence-electron chi connectivity index (χ3n) is 3.54. The molecule has 2 rings (SSSR count). The lowest BCUT2D eigenvalue weighted by atomic mass is 10.2. The normalized spacial score (nSPS) is 17.3. The number of ketones is 1. The molecule has 21 heavy (non-hydrogen) atoms. The number of carbonyl (C=O) groups is 1. The van der Waals surface area contributed by atoms with E-state index in [2.05, 4.69) is 5.92 Å². The van der Waals surface area contributed by atoms with Crippen molar-refractivity contribution in [1.29, 1.82) is 0 Å². The highest BCUT2D eigenvalue weighted by atomic mass is 32.2. The van der Waals surface area contributed by atoms with Crippen molar-refractivity contribution in [3.05, 3.63) is 29.8 Å². The van der Waals surface area contributed by atoms with Crippen LogP contribution in [0, 0.1) is 12.3 Å². The Morgan fingerprint density at radius 1 is 1.19 bits per heavy atom. The summed E-state index contributed by atoms with van der Waals surface area (Å²) in [6.07, 6.45) is 5.26. The highest BCUT2D eigenvalue weighted by molar-refractivity contribution is 7.89. The summed E-state index contributed by atoms with van der Waals surface area (Å²) >= 11 is 0. The number of piperazine rings is 1. The van der Waals surface area contributed by atoms with E-state index in [4.69, 9.17) is 6.42 Å². The van der Waals surface area contributed by atoms with Crippen LogP contribution in [0.2, 0.25) is 0 Å². The molecule has 0 aliphatic carbocycles. The summed E-state index contributed by atoms with van der Waals surface area (Å²) in [5.41, 5.74) is 0.507. The van der Waals surface area contributed by atoms with Gasteiger partial charge in [-0.25, -0.2) is 8.42 Å². The molecule has 0 N–H and O–H groups in total. The van der Waals surface area contributed by atoms with Crippen molar-refractivity contribution in [2.45, 2.75) is 11.8 Å². The molecular formula is C15H18N2O3S. The van der Waals surface area contributed by atoms with E-state index in [1.54, 1.807) is 12.1 Å². The van der Waals surface area contributed by atoms with Crippen molar-refractivity contribution in [1.82, 2.24) is 9.21 Å². The third-order valence-corrected chi connectivity index (χ3v) is 5.46. The van der Waals surface area contributed by atoms with Gasteiger partial charge in [0.05, 0.1) is 11.4 Å². The summed E-state index contributed by atoms with van der Waals surface area (Å²) < 4.78 is 26.5. The van der Waals surface area contributed by atoms with Crippen LogP contribution in [0.4, 0.5) is 0 Å². The van der Waals surface area contributed by atoms with E-state index in [1.807, 2.05) is 4.90 Å². The number of benzene rings is 1. The fourth-order valence-electron chi connectivity index (χ4n) is 2.27. The second kappa shape index (κ2) is 6.39. The third kappa shape index (κ3) is 3.50. The number of sulfonamides is 1. The Hall–Kier alpha value is -1.68. The topological polar surface area (TPSA) is 57.7 Å². The van der Waals surface area contributed by atoms with E-state index in [1.165, 1.54) is 23.4 Å². The first-order chi connectivity index (χ1) is 9.95. The van der Waals surface area contributed by atoms with Crippen LogP contribution in [-0.4, -0.2) is 56.1 Å². The zero-order chi connectivity index (χ0) is 15.5. The molecular weight excluding hydrogens is 288 g/mol. The maximum absolute atomic E-state index is 12.5. The quantitative estimate of drug-likeness (QED) is 0.611. The molecule has 1 saturated heterocycles. The Morgan fingerprint density at radius 3 is 2.24 bits per heavy atom. The van der Waals surface area contributed by atoms with Crippen molar-refractivity contribution in [2.75, 3.05) is 32.7 Å². The second-order valence-electron chi connectivity index (χ2n) is 4.96. The number of terminal acetylenes is 1. The first-order valence-electron chi connectivity index (χ1n) is 6.72. The first kappa shape index (κ1) is 15.7. The van der Waals surface area contributed by atoms with Crippen LogP contribution in [0.1, 0.15) is 17.3 Å². The van der Waals surface area contributed by atoms with Crippen molar-refractivity contribution < 1.29 is 13.2 Å². The molecule has 0 unspecified atom stereocenters. The van der Waals surface area contributed by atoms with Crippen LogP contribution < -0.4 is 0 Å². The molecule has 112 valence electrons. The van der Waals surface area contributed by atoms with Gasteiger partial charge in [-0.3, -0.25) is 9.69 Å². The van der Waals surface area contributed by atoms with E-state index in [9.17, 15) is 13.2 Å². The van der Waals surface area contributed by atoms with Crippen LogP contribution in [0.5, 0.6) is 0 Å². The zero-order valence-electron chi connectivity index (χ0n) is 11.9. The fourth-order valence-corrected chi connectivity index (χ4v) is 3.69. The van der Waals surface area contributed by atoms with Gasteiger partial charge in [-0.1, -0.05) is 18.1 Å².